The van der Waals surface area contributed by atoms with E-state index in [9.17, 15) is 8.78 Å². The molecule has 3 aromatic rings. The normalized spacial score (nSPS) is 11.1. The molecule has 0 amide bonds. The van der Waals surface area contributed by atoms with E-state index in [1.165, 1.54) is 6.07 Å². The van der Waals surface area contributed by atoms with Crippen molar-refractivity contribution in [2.45, 2.75) is 6.43 Å². The van der Waals surface area contributed by atoms with Crippen molar-refractivity contribution in [3.63, 3.8) is 0 Å². The highest BCUT2D eigenvalue weighted by atomic mass is 35.5. The van der Waals surface area contributed by atoms with Crippen molar-refractivity contribution in [3.05, 3.63) is 58.3 Å². The van der Waals surface area contributed by atoms with Crippen LogP contribution in [0.15, 0.2) is 42.5 Å². The zero-order chi connectivity index (χ0) is 15.7. The molecule has 0 radical (unpaired) electrons. The van der Waals surface area contributed by atoms with Crippen LogP contribution in [0.3, 0.4) is 0 Å². The Morgan fingerprint density at radius 3 is 2.50 bits per heavy atom. The minimum atomic E-state index is -2.80. The maximum absolute atomic E-state index is 12.9. The van der Waals surface area contributed by atoms with E-state index in [-0.39, 0.29) is 16.7 Å². The van der Waals surface area contributed by atoms with Crippen LogP contribution in [0.4, 0.5) is 8.78 Å². The number of hydrogen-bond donors (Lipinski definition) is 0. The molecule has 0 saturated carbocycles. The van der Waals surface area contributed by atoms with Gasteiger partial charge in [0.05, 0.1) is 15.9 Å². The first-order chi connectivity index (χ1) is 10.5. The standard InChI is InChI=1S/C15H8Cl2F2N2O/c16-8-5-6-12(10(17)7-8)22-15-9-3-1-2-4-11(9)20-14(21-15)13(18)19/h1-7,13H. The second kappa shape index (κ2) is 6.02. The molecule has 0 fully saturated rings. The fraction of sp³-hybridized carbons (Fsp3) is 0.0667. The highest BCUT2D eigenvalue weighted by Crippen LogP contribution is 2.34. The Bertz CT molecular complexity index is 843. The van der Waals surface area contributed by atoms with Crippen molar-refractivity contribution in [2.75, 3.05) is 0 Å². The summed E-state index contributed by atoms with van der Waals surface area (Å²) in [5.74, 6) is -0.306. The highest BCUT2D eigenvalue weighted by Gasteiger charge is 2.17. The SMILES string of the molecule is FC(F)c1nc(Oc2ccc(Cl)cc2Cl)c2ccccc2n1. The molecule has 3 nitrogen and oxygen atoms in total. The predicted molar refractivity (Wildman–Crippen MR) is 81.0 cm³/mol. The van der Waals surface area contributed by atoms with Gasteiger partial charge in [0.2, 0.25) is 5.88 Å². The molecule has 0 atom stereocenters. The maximum atomic E-state index is 12.9. The van der Waals surface area contributed by atoms with Crippen molar-refractivity contribution < 1.29 is 13.5 Å². The Balaban J connectivity index is 2.12. The minimum absolute atomic E-state index is 0.0186. The predicted octanol–water partition coefficient (Wildman–Crippen LogP) is 5.67. The van der Waals surface area contributed by atoms with E-state index in [1.54, 1.807) is 36.4 Å². The van der Waals surface area contributed by atoms with Crippen LogP contribution in [0.2, 0.25) is 10.0 Å². The number of benzene rings is 2. The van der Waals surface area contributed by atoms with Gasteiger partial charge in [0.25, 0.3) is 6.43 Å². The monoisotopic (exact) mass is 340 g/mol. The fourth-order valence-electron chi connectivity index (χ4n) is 1.90. The van der Waals surface area contributed by atoms with E-state index in [4.69, 9.17) is 27.9 Å². The number of ether oxygens (including phenoxy) is 1. The number of rotatable bonds is 3. The molecular formula is C15H8Cl2F2N2O. The van der Waals surface area contributed by atoms with E-state index in [2.05, 4.69) is 9.97 Å². The number of nitrogens with zero attached hydrogens (tertiary/aromatic N) is 2. The van der Waals surface area contributed by atoms with Crippen LogP contribution in [0.5, 0.6) is 11.6 Å². The zero-order valence-corrected chi connectivity index (χ0v) is 12.4. The highest BCUT2D eigenvalue weighted by molar-refractivity contribution is 6.35. The molecular weight excluding hydrogens is 333 g/mol. The van der Waals surface area contributed by atoms with Crippen LogP contribution in [-0.4, -0.2) is 9.97 Å². The second-order valence-electron chi connectivity index (χ2n) is 4.38. The molecule has 1 heterocycles. The average Bonchev–Trinajstić information content (AvgIpc) is 2.49. The lowest BCUT2D eigenvalue weighted by Crippen LogP contribution is -1.99. The van der Waals surface area contributed by atoms with E-state index < -0.39 is 12.2 Å². The van der Waals surface area contributed by atoms with Gasteiger partial charge in [-0.1, -0.05) is 35.3 Å². The summed E-state index contributed by atoms with van der Waals surface area (Å²) in [6.07, 6.45) is -2.80. The zero-order valence-electron chi connectivity index (χ0n) is 10.9. The van der Waals surface area contributed by atoms with Gasteiger partial charge in [0, 0.05) is 5.02 Å². The van der Waals surface area contributed by atoms with Crippen LogP contribution in [0.25, 0.3) is 10.9 Å². The molecule has 112 valence electrons. The van der Waals surface area contributed by atoms with Crippen LogP contribution in [0, 0.1) is 0 Å². The van der Waals surface area contributed by atoms with E-state index in [1.807, 2.05) is 0 Å². The summed E-state index contributed by atoms with van der Waals surface area (Å²) in [7, 11) is 0. The van der Waals surface area contributed by atoms with E-state index >= 15 is 0 Å². The third kappa shape index (κ3) is 2.96. The van der Waals surface area contributed by atoms with Gasteiger partial charge in [0.1, 0.15) is 5.75 Å². The Hall–Kier alpha value is -1.98. The first-order valence-electron chi connectivity index (χ1n) is 6.22. The van der Waals surface area contributed by atoms with Gasteiger partial charge < -0.3 is 4.74 Å². The third-order valence-corrected chi connectivity index (χ3v) is 3.41. The van der Waals surface area contributed by atoms with Gasteiger partial charge in [-0.25, -0.2) is 13.8 Å². The smallest absolute Gasteiger partial charge is 0.297 e. The molecule has 0 saturated heterocycles. The average molecular weight is 341 g/mol. The summed E-state index contributed by atoms with van der Waals surface area (Å²) in [4.78, 5) is 7.60. The van der Waals surface area contributed by atoms with E-state index in [0.29, 0.717) is 15.9 Å². The molecule has 1 aromatic heterocycles. The van der Waals surface area contributed by atoms with Crippen LogP contribution >= 0.6 is 23.2 Å². The summed E-state index contributed by atoms with van der Waals surface area (Å²) < 4.78 is 31.4. The molecule has 2 aromatic carbocycles. The van der Waals surface area contributed by atoms with Crippen LogP contribution < -0.4 is 4.74 Å². The van der Waals surface area contributed by atoms with Crippen molar-refractivity contribution in [1.29, 1.82) is 0 Å². The summed E-state index contributed by atoms with van der Waals surface area (Å²) >= 11 is 11.8. The van der Waals surface area contributed by atoms with Crippen molar-refractivity contribution >= 4 is 34.1 Å². The topological polar surface area (TPSA) is 35.0 Å². The molecule has 0 aliphatic rings. The Morgan fingerprint density at radius 2 is 1.77 bits per heavy atom. The number of fused-ring (bicyclic) bond motifs is 1. The van der Waals surface area contributed by atoms with Crippen molar-refractivity contribution in [2.24, 2.45) is 0 Å². The Labute approximate surface area is 134 Å². The minimum Gasteiger partial charge on any atom is -0.437 e. The Kier molecular flexibility index (Phi) is 4.09. The molecule has 0 bridgehead atoms. The largest absolute Gasteiger partial charge is 0.437 e. The summed E-state index contributed by atoms with van der Waals surface area (Å²) in [6.45, 7) is 0. The molecule has 7 heteroatoms. The molecule has 0 aliphatic heterocycles. The van der Waals surface area contributed by atoms with Gasteiger partial charge in [-0.2, -0.15) is 4.98 Å². The molecule has 0 spiro atoms. The van der Waals surface area contributed by atoms with Gasteiger partial charge in [0.15, 0.2) is 5.82 Å². The Morgan fingerprint density at radius 1 is 1.00 bits per heavy atom. The molecule has 0 N–H and O–H groups in total. The maximum Gasteiger partial charge on any atom is 0.297 e. The lowest BCUT2D eigenvalue weighted by Gasteiger charge is -2.10. The van der Waals surface area contributed by atoms with Gasteiger partial charge in [-0.15, -0.1) is 0 Å². The fourth-order valence-corrected chi connectivity index (χ4v) is 2.35. The number of aromatic nitrogens is 2. The molecule has 22 heavy (non-hydrogen) atoms. The van der Waals surface area contributed by atoms with E-state index in [0.717, 1.165) is 0 Å². The molecule has 3 rings (SSSR count). The first-order valence-corrected chi connectivity index (χ1v) is 6.98. The van der Waals surface area contributed by atoms with Crippen molar-refractivity contribution in [1.82, 2.24) is 9.97 Å². The molecule has 0 unspecified atom stereocenters. The summed E-state index contributed by atoms with van der Waals surface area (Å²) in [5, 5.41) is 1.21. The van der Waals surface area contributed by atoms with Gasteiger partial charge in [-0.3, -0.25) is 0 Å². The first kappa shape index (κ1) is 14.9. The third-order valence-electron chi connectivity index (χ3n) is 2.88. The second-order valence-corrected chi connectivity index (χ2v) is 5.23. The summed E-state index contributed by atoms with van der Waals surface area (Å²) in [6, 6.07) is 11.4. The number of hydrogen-bond acceptors (Lipinski definition) is 3. The molecule has 0 aliphatic carbocycles. The quantitative estimate of drug-likeness (QED) is 0.616. The number of halogens is 4. The number of para-hydroxylation sites is 1. The lowest BCUT2D eigenvalue weighted by molar-refractivity contribution is 0.140. The van der Waals surface area contributed by atoms with Crippen LogP contribution in [0.1, 0.15) is 12.2 Å². The lowest BCUT2D eigenvalue weighted by atomic mass is 10.2. The van der Waals surface area contributed by atoms with Crippen molar-refractivity contribution in [3.8, 4) is 11.6 Å². The number of alkyl halides is 2. The van der Waals surface area contributed by atoms with Gasteiger partial charge in [-0.05, 0) is 30.3 Å². The van der Waals surface area contributed by atoms with Crippen LogP contribution in [-0.2, 0) is 0 Å². The van der Waals surface area contributed by atoms with Gasteiger partial charge >= 0.3 is 0 Å². The summed E-state index contributed by atoms with van der Waals surface area (Å²) in [5.41, 5.74) is 0.368.